The van der Waals surface area contributed by atoms with Crippen LogP contribution in [-0.4, -0.2) is 31.1 Å². The molecule has 2 N–H and O–H groups in total. The summed E-state index contributed by atoms with van der Waals surface area (Å²) in [6.07, 6.45) is 3.67. The van der Waals surface area contributed by atoms with Gasteiger partial charge in [-0.2, -0.15) is 0 Å². The Kier molecular flexibility index (Phi) is 6.57. The fourth-order valence-electron chi connectivity index (χ4n) is 1.27. The van der Waals surface area contributed by atoms with Crippen molar-refractivity contribution in [1.29, 1.82) is 0 Å². The molecule has 1 atom stereocenters. The molecule has 1 fully saturated rings. The zero-order chi connectivity index (χ0) is 8.69. The van der Waals surface area contributed by atoms with Crippen molar-refractivity contribution in [2.45, 2.75) is 39.2 Å². The zero-order valence-electron chi connectivity index (χ0n) is 8.14. The average molecular weight is 160 g/mol. The molecule has 2 heteroatoms. The molecule has 0 saturated carbocycles. The van der Waals surface area contributed by atoms with E-state index < -0.39 is 0 Å². The third kappa shape index (κ3) is 5.22. The van der Waals surface area contributed by atoms with Crippen molar-refractivity contribution < 1.29 is 1.43 Å². The van der Waals surface area contributed by atoms with Gasteiger partial charge in [0, 0.05) is 7.47 Å². The van der Waals surface area contributed by atoms with Gasteiger partial charge in [0.2, 0.25) is 0 Å². The van der Waals surface area contributed by atoms with Gasteiger partial charge in [-0.15, -0.1) is 0 Å². The van der Waals surface area contributed by atoms with Gasteiger partial charge in [-0.1, -0.05) is 13.8 Å². The SMILES string of the molecule is CC.CN1CCCC(N)CC1.[HH]. The second-order valence-electron chi connectivity index (χ2n) is 2.99. The van der Waals surface area contributed by atoms with Crippen LogP contribution in [0.1, 0.15) is 34.5 Å². The van der Waals surface area contributed by atoms with E-state index >= 15 is 0 Å². The molecule has 1 rings (SSSR count). The number of rotatable bonds is 0. The van der Waals surface area contributed by atoms with Crippen LogP contribution in [0.2, 0.25) is 0 Å². The molecule has 11 heavy (non-hydrogen) atoms. The van der Waals surface area contributed by atoms with Gasteiger partial charge in [-0.3, -0.25) is 0 Å². The predicted molar refractivity (Wildman–Crippen MR) is 52.8 cm³/mol. The number of hydrogen-bond donors (Lipinski definition) is 1. The lowest BCUT2D eigenvalue weighted by Crippen LogP contribution is -2.23. The van der Waals surface area contributed by atoms with Crippen LogP contribution in [0.15, 0.2) is 0 Å². The standard InChI is InChI=1S/C7H16N2.C2H6.H2/c1-9-5-2-3-7(8)4-6-9;1-2;/h7H,2-6,8H2,1H3;1-2H3;1H. The Hall–Kier alpha value is -0.0800. The van der Waals surface area contributed by atoms with Gasteiger partial charge in [0.1, 0.15) is 0 Å². The summed E-state index contributed by atoms with van der Waals surface area (Å²) < 4.78 is 0. The van der Waals surface area contributed by atoms with Crippen molar-refractivity contribution >= 4 is 0 Å². The molecule has 0 aromatic heterocycles. The fourth-order valence-corrected chi connectivity index (χ4v) is 1.27. The molecule has 1 aliphatic heterocycles. The maximum atomic E-state index is 5.77. The Labute approximate surface area is 72.2 Å². The smallest absolute Gasteiger partial charge is 0.00514 e. The lowest BCUT2D eigenvalue weighted by atomic mass is 10.1. The number of nitrogens with two attached hydrogens (primary N) is 1. The van der Waals surface area contributed by atoms with Crippen LogP contribution < -0.4 is 5.73 Å². The molecule has 0 bridgehead atoms. The molecule has 1 aliphatic rings. The highest BCUT2D eigenvalue weighted by molar-refractivity contribution is 4.68. The normalized spacial score (nSPS) is 26.7. The third-order valence-corrected chi connectivity index (χ3v) is 2.00. The van der Waals surface area contributed by atoms with E-state index in [0.717, 1.165) is 0 Å². The van der Waals surface area contributed by atoms with E-state index in [9.17, 15) is 0 Å². The van der Waals surface area contributed by atoms with E-state index in [1.807, 2.05) is 13.8 Å². The topological polar surface area (TPSA) is 29.3 Å². The van der Waals surface area contributed by atoms with Crippen LogP contribution in [0, 0.1) is 0 Å². The van der Waals surface area contributed by atoms with Crippen molar-refractivity contribution in [2.75, 3.05) is 20.1 Å². The van der Waals surface area contributed by atoms with Gasteiger partial charge in [-0.05, 0) is 39.4 Å². The average Bonchev–Trinajstić information content (AvgIpc) is 2.20. The Balaban J connectivity index is 0. The van der Waals surface area contributed by atoms with Crippen LogP contribution in [0.25, 0.3) is 0 Å². The van der Waals surface area contributed by atoms with Gasteiger partial charge in [-0.25, -0.2) is 0 Å². The summed E-state index contributed by atoms with van der Waals surface area (Å²) in [5.41, 5.74) is 5.77. The highest BCUT2D eigenvalue weighted by Crippen LogP contribution is 2.06. The second-order valence-corrected chi connectivity index (χ2v) is 2.99. The van der Waals surface area contributed by atoms with Gasteiger partial charge in [0.05, 0.1) is 0 Å². The predicted octanol–water partition coefficient (Wildman–Crippen LogP) is 1.70. The molecule has 0 aromatic carbocycles. The highest BCUT2D eigenvalue weighted by Gasteiger charge is 2.09. The molecule has 0 amide bonds. The lowest BCUT2D eigenvalue weighted by Gasteiger charge is -2.11. The molecule has 70 valence electrons. The molecular formula is C9H24N2. The first-order chi connectivity index (χ1) is 5.29. The molecule has 0 aromatic rings. The maximum Gasteiger partial charge on any atom is 0.00514 e. The number of likely N-dealkylation sites (tertiary alicyclic amines) is 1. The van der Waals surface area contributed by atoms with Crippen LogP contribution in [0.4, 0.5) is 0 Å². The fraction of sp³-hybridized carbons (Fsp3) is 1.00. The number of hydrogen-bond acceptors (Lipinski definition) is 2. The van der Waals surface area contributed by atoms with Crippen LogP contribution >= 0.6 is 0 Å². The van der Waals surface area contributed by atoms with Crippen molar-refractivity contribution in [1.82, 2.24) is 4.90 Å². The first kappa shape index (κ1) is 10.9. The zero-order valence-corrected chi connectivity index (χ0v) is 8.14. The van der Waals surface area contributed by atoms with E-state index in [0.29, 0.717) is 6.04 Å². The summed E-state index contributed by atoms with van der Waals surface area (Å²) in [6.45, 7) is 6.41. The Bertz CT molecular complexity index is 78.6. The minimum Gasteiger partial charge on any atom is -0.328 e. The lowest BCUT2D eigenvalue weighted by molar-refractivity contribution is 0.347. The molecule has 0 aliphatic carbocycles. The summed E-state index contributed by atoms with van der Waals surface area (Å²) in [5, 5.41) is 0. The van der Waals surface area contributed by atoms with Gasteiger partial charge < -0.3 is 10.6 Å². The molecule has 0 spiro atoms. The van der Waals surface area contributed by atoms with Gasteiger partial charge in [0.15, 0.2) is 0 Å². The monoisotopic (exact) mass is 160 g/mol. The minimum absolute atomic E-state index is 0. The van der Waals surface area contributed by atoms with E-state index in [1.165, 1.54) is 32.4 Å². The summed E-state index contributed by atoms with van der Waals surface area (Å²) in [6, 6.07) is 0.468. The molecule has 2 nitrogen and oxygen atoms in total. The van der Waals surface area contributed by atoms with Crippen LogP contribution in [0.5, 0.6) is 0 Å². The maximum absolute atomic E-state index is 5.77. The quantitative estimate of drug-likeness (QED) is 0.584. The van der Waals surface area contributed by atoms with Gasteiger partial charge in [0.25, 0.3) is 0 Å². The molecule has 0 radical (unpaired) electrons. The van der Waals surface area contributed by atoms with Gasteiger partial charge >= 0.3 is 0 Å². The molecule has 1 heterocycles. The van der Waals surface area contributed by atoms with Crippen LogP contribution in [-0.2, 0) is 0 Å². The summed E-state index contributed by atoms with van der Waals surface area (Å²) in [4.78, 5) is 2.35. The Morgan fingerprint density at radius 1 is 1.27 bits per heavy atom. The van der Waals surface area contributed by atoms with Crippen molar-refractivity contribution in [3.8, 4) is 0 Å². The minimum atomic E-state index is 0. The first-order valence-corrected chi connectivity index (χ1v) is 4.73. The van der Waals surface area contributed by atoms with E-state index in [2.05, 4.69) is 11.9 Å². The van der Waals surface area contributed by atoms with E-state index in [-0.39, 0.29) is 1.43 Å². The Morgan fingerprint density at radius 2 is 1.91 bits per heavy atom. The van der Waals surface area contributed by atoms with Crippen molar-refractivity contribution in [3.63, 3.8) is 0 Å². The third-order valence-electron chi connectivity index (χ3n) is 2.00. The molecular weight excluding hydrogens is 136 g/mol. The van der Waals surface area contributed by atoms with E-state index in [1.54, 1.807) is 0 Å². The molecule has 1 unspecified atom stereocenters. The highest BCUT2D eigenvalue weighted by atomic mass is 15.1. The Morgan fingerprint density at radius 3 is 2.55 bits per heavy atom. The van der Waals surface area contributed by atoms with E-state index in [4.69, 9.17) is 5.73 Å². The summed E-state index contributed by atoms with van der Waals surface area (Å²) in [7, 11) is 2.16. The van der Waals surface area contributed by atoms with Crippen LogP contribution in [0.3, 0.4) is 0 Å². The number of nitrogens with zero attached hydrogens (tertiary/aromatic N) is 1. The van der Waals surface area contributed by atoms with Crippen molar-refractivity contribution in [3.05, 3.63) is 0 Å². The summed E-state index contributed by atoms with van der Waals surface area (Å²) in [5.74, 6) is 0. The van der Waals surface area contributed by atoms with Crippen molar-refractivity contribution in [2.24, 2.45) is 5.73 Å². The first-order valence-electron chi connectivity index (χ1n) is 4.73. The summed E-state index contributed by atoms with van der Waals surface area (Å²) >= 11 is 0. The largest absolute Gasteiger partial charge is 0.328 e. The molecule has 1 saturated heterocycles. The second kappa shape index (κ2) is 6.62.